The summed E-state index contributed by atoms with van der Waals surface area (Å²) in [6.07, 6.45) is -5.87. The van der Waals surface area contributed by atoms with Crippen LogP contribution in [0.1, 0.15) is 53.0 Å². The van der Waals surface area contributed by atoms with Gasteiger partial charge in [-0.15, -0.1) is 0 Å². The van der Waals surface area contributed by atoms with Gasteiger partial charge in [0.1, 0.15) is 31.3 Å². The number of unbranched alkanes of at least 4 members (excludes halogenated alkanes) is 1. The maximum atomic E-state index is 14.2. The summed E-state index contributed by atoms with van der Waals surface area (Å²) in [6.45, 7) is -0.606. The highest BCUT2D eigenvalue weighted by atomic mass is 32.2. The standard InChI is InChI=1S/C49H50F3N5O9S/c50-49(51,52)34-22-24-35(25-23-34)67(63,64)28-27-65-47(61)54-26-12-11-21-41(57-48(62)66-31-40-38-19-9-7-17-36(38)37-18-8-10-20-39(37)40)45(59)56-43(30-33-15-5-2-6-16-33)46(60)55-42(44(53)58)29-32-13-3-1-4-14-32/h1-10,13-20,22-25,40-43H,11-12,21,26-31H2,(H2,53,58)(H,54,61)(H,55,60)(H,56,59)(H,57,62)/t41-,42-,43-/m0/s1. The second kappa shape index (κ2) is 22.8. The smallest absolute Gasteiger partial charge is 0.416 e. The number of nitrogens with one attached hydrogen (secondary N) is 4. The van der Waals surface area contributed by atoms with E-state index < -0.39 is 82.0 Å². The molecule has 0 spiro atoms. The fourth-order valence-electron chi connectivity index (χ4n) is 7.66. The number of benzene rings is 5. The van der Waals surface area contributed by atoms with E-state index in [9.17, 15) is 45.6 Å². The van der Waals surface area contributed by atoms with Gasteiger partial charge in [0, 0.05) is 25.3 Å². The number of hydrogen-bond donors (Lipinski definition) is 5. The van der Waals surface area contributed by atoms with Gasteiger partial charge in [0.15, 0.2) is 9.84 Å². The van der Waals surface area contributed by atoms with Crippen molar-refractivity contribution in [2.24, 2.45) is 5.73 Å². The molecular weight excluding hydrogens is 892 g/mol. The van der Waals surface area contributed by atoms with Gasteiger partial charge in [-0.05, 0) is 76.9 Å². The Morgan fingerprint density at radius 3 is 1.70 bits per heavy atom. The molecule has 0 aromatic heterocycles. The molecule has 0 saturated carbocycles. The van der Waals surface area contributed by atoms with Crippen LogP contribution in [-0.2, 0) is 52.7 Å². The highest BCUT2D eigenvalue weighted by molar-refractivity contribution is 7.91. The molecule has 0 radical (unpaired) electrons. The number of nitrogens with two attached hydrogens (primary N) is 1. The number of halogens is 3. The lowest BCUT2D eigenvalue weighted by molar-refractivity contribution is -0.137. The van der Waals surface area contributed by atoms with Crippen LogP contribution in [0.15, 0.2) is 138 Å². The van der Waals surface area contributed by atoms with Crippen molar-refractivity contribution in [1.29, 1.82) is 0 Å². The maximum absolute atomic E-state index is 14.2. The number of primary amides is 1. The Bertz CT molecular complexity index is 2570. The molecule has 0 saturated heterocycles. The Morgan fingerprint density at radius 2 is 1.13 bits per heavy atom. The summed E-state index contributed by atoms with van der Waals surface area (Å²) in [4.78, 5) is 66.2. The number of fused-ring (bicyclic) bond motifs is 3. The van der Waals surface area contributed by atoms with Gasteiger partial charge in [-0.3, -0.25) is 14.4 Å². The van der Waals surface area contributed by atoms with E-state index in [4.69, 9.17) is 15.2 Å². The van der Waals surface area contributed by atoms with E-state index >= 15 is 0 Å². The normalized spacial score (nSPS) is 13.5. The van der Waals surface area contributed by atoms with Crippen molar-refractivity contribution in [1.82, 2.24) is 21.3 Å². The van der Waals surface area contributed by atoms with E-state index in [0.717, 1.165) is 39.9 Å². The maximum Gasteiger partial charge on any atom is 0.416 e. The Morgan fingerprint density at radius 1 is 0.612 bits per heavy atom. The Labute approximate surface area is 385 Å². The third-order valence-corrected chi connectivity index (χ3v) is 12.8. The van der Waals surface area contributed by atoms with Crippen molar-refractivity contribution in [3.63, 3.8) is 0 Å². The molecule has 0 aliphatic heterocycles. The topological polar surface area (TPSA) is 212 Å². The van der Waals surface area contributed by atoms with E-state index in [2.05, 4.69) is 21.3 Å². The quantitative estimate of drug-likeness (QED) is 0.0528. The van der Waals surface area contributed by atoms with E-state index in [0.29, 0.717) is 17.7 Å². The molecule has 6 N–H and O–H groups in total. The largest absolute Gasteiger partial charge is 0.449 e. The average molecular weight is 942 g/mol. The van der Waals surface area contributed by atoms with Gasteiger partial charge in [0.2, 0.25) is 17.7 Å². The molecule has 14 nitrogen and oxygen atoms in total. The summed E-state index contributed by atoms with van der Waals surface area (Å²) < 4.78 is 74.7. The molecule has 6 rings (SSSR count). The van der Waals surface area contributed by atoms with Crippen LogP contribution in [0.4, 0.5) is 22.8 Å². The number of ether oxygens (including phenoxy) is 2. The fourth-order valence-corrected chi connectivity index (χ4v) is 8.74. The molecule has 1 aliphatic rings. The number of rotatable bonds is 21. The lowest BCUT2D eigenvalue weighted by atomic mass is 9.98. The predicted octanol–water partition coefficient (Wildman–Crippen LogP) is 6.22. The van der Waals surface area contributed by atoms with E-state index in [1.54, 1.807) is 54.6 Å². The summed E-state index contributed by atoms with van der Waals surface area (Å²) >= 11 is 0. The van der Waals surface area contributed by atoms with Gasteiger partial charge >= 0.3 is 18.4 Å². The van der Waals surface area contributed by atoms with Gasteiger partial charge in [-0.25, -0.2) is 18.0 Å². The molecule has 5 aromatic rings. The van der Waals surface area contributed by atoms with E-state index in [1.165, 1.54) is 0 Å². The average Bonchev–Trinajstić information content (AvgIpc) is 3.63. The summed E-state index contributed by atoms with van der Waals surface area (Å²) in [5, 5.41) is 10.6. The van der Waals surface area contributed by atoms with Crippen LogP contribution in [0.3, 0.4) is 0 Å². The summed E-state index contributed by atoms with van der Waals surface area (Å²) in [5.74, 6) is -3.15. The van der Waals surface area contributed by atoms with Crippen molar-refractivity contribution in [3.8, 4) is 11.1 Å². The highest BCUT2D eigenvalue weighted by Crippen LogP contribution is 2.44. The van der Waals surface area contributed by atoms with E-state index in [1.807, 2.05) is 54.6 Å². The fraction of sp³-hybridized carbons (Fsp3) is 0.286. The number of alkyl carbamates (subject to hydrolysis) is 2. The third-order valence-electron chi connectivity index (χ3n) is 11.1. The third kappa shape index (κ3) is 13.9. The highest BCUT2D eigenvalue weighted by Gasteiger charge is 2.33. The van der Waals surface area contributed by atoms with Crippen molar-refractivity contribution in [2.45, 2.75) is 67.2 Å². The molecule has 5 aromatic carbocycles. The monoisotopic (exact) mass is 941 g/mol. The van der Waals surface area contributed by atoms with Gasteiger partial charge in [0.25, 0.3) is 0 Å². The van der Waals surface area contributed by atoms with Crippen molar-refractivity contribution < 1.29 is 55.0 Å². The molecule has 0 fully saturated rings. The zero-order valence-corrected chi connectivity index (χ0v) is 37.0. The zero-order valence-electron chi connectivity index (χ0n) is 36.2. The molecule has 3 atom stereocenters. The summed E-state index contributed by atoms with van der Waals surface area (Å²) in [5.41, 5.74) is 10.1. The van der Waals surface area contributed by atoms with Gasteiger partial charge < -0.3 is 36.5 Å². The SMILES string of the molecule is NC(=O)[C@H](Cc1ccccc1)NC(=O)[C@H](Cc1ccccc1)NC(=O)[C@H](CCCCNC(=O)OCCS(=O)(=O)c1ccc(C(F)(F)F)cc1)NC(=O)OCC1c2ccccc2-c2ccccc21. The van der Waals surface area contributed by atoms with Gasteiger partial charge in [-0.1, -0.05) is 109 Å². The van der Waals surface area contributed by atoms with Crippen molar-refractivity contribution in [2.75, 3.05) is 25.5 Å². The first-order chi connectivity index (χ1) is 32.1. The number of sulfone groups is 1. The van der Waals surface area contributed by atoms with Gasteiger partial charge in [-0.2, -0.15) is 13.2 Å². The minimum atomic E-state index is -4.64. The number of amides is 5. The molecule has 0 heterocycles. The Kier molecular flexibility index (Phi) is 16.8. The summed E-state index contributed by atoms with van der Waals surface area (Å²) in [6, 6.07) is 32.8. The zero-order chi connectivity index (χ0) is 48.0. The van der Waals surface area contributed by atoms with Crippen LogP contribution in [0, 0.1) is 0 Å². The van der Waals surface area contributed by atoms with Crippen LogP contribution in [0.25, 0.3) is 11.1 Å². The molecule has 1 aliphatic carbocycles. The lowest BCUT2D eigenvalue weighted by Gasteiger charge is -2.25. The minimum absolute atomic E-state index is 0.00965. The number of carbonyl (C=O) groups excluding carboxylic acids is 5. The number of hydrogen-bond acceptors (Lipinski definition) is 9. The number of alkyl halides is 3. The van der Waals surface area contributed by atoms with Crippen LogP contribution in [-0.4, -0.2) is 82.0 Å². The summed E-state index contributed by atoms with van der Waals surface area (Å²) in [7, 11) is -4.07. The van der Waals surface area contributed by atoms with E-state index in [-0.39, 0.29) is 56.1 Å². The van der Waals surface area contributed by atoms with Crippen LogP contribution < -0.4 is 27.0 Å². The molecule has 0 unspecified atom stereocenters. The van der Waals surface area contributed by atoms with Crippen LogP contribution in [0.5, 0.6) is 0 Å². The minimum Gasteiger partial charge on any atom is -0.449 e. The molecule has 18 heteroatoms. The lowest BCUT2D eigenvalue weighted by Crippen LogP contribution is -2.57. The second-order valence-corrected chi connectivity index (χ2v) is 17.9. The van der Waals surface area contributed by atoms with Crippen molar-refractivity contribution >= 4 is 39.7 Å². The molecule has 5 amide bonds. The molecule has 0 bridgehead atoms. The Hall–Kier alpha value is -7.21. The first-order valence-electron chi connectivity index (χ1n) is 21.5. The number of carbonyl (C=O) groups is 5. The Balaban J connectivity index is 1.09. The molecule has 67 heavy (non-hydrogen) atoms. The first-order valence-corrected chi connectivity index (χ1v) is 23.1. The molecule has 352 valence electrons. The molecular formula is C49H50F3N5O9S. The second-order valence-electron chi connectivity index (χ2n) is 15.8. The van der Waals surface area contributed by atoms with Gasteiger partial charge in [0.05, 0.1) is 16.2 Å². The predicted molar refractivity (Wildman–Crippen MR) is 242 cm³/mol. The first kappa shape index (κ1) is 49.2. The van der Waals surface area contributed by atoms with Crippen LogP contribution in [0.2, 0.25) is 0 Å². The van der Waals surface area contributed by atoms with Crippen molar-refractivity contribution in [3.05, 3.63) is 161 Å². The van der Waals surface area contributed by atoms with Crippen LogP contribution >= 0.6 is 0 Å².